The van der Waals surface area contributed by atoms with E-state index in [1.54, 1.807) is 6.20 Å². The molecular formula is C21H37N. The van der Waals surface area contributed by atoms with Gasteiger partial charge in [-0.1, -0.05) is 103 Å². The average molecular weight is 304 g/mol. The third-order valence-corrected chi connectivity index (χ3v) is 4.13. The van der Waals surface area contributed by atoms with Crippen molar-refractivity contribution in [3.63, 3.8) is 0 Å². The first-order chi connectivity index (χ1) is 10.8. The quantitative estimate of drug-likeness (QED) is 0.171. The smallest absolute Gasteiger partial charge is 0.0299 e. The highest BCUT2D eigenvalue weighted by molar-refractivity contribution is 5.79. The summed E-state index contributed by atoms with van der Waals surface area (Å²) in [6, 6.07) is 0. The summed E-state index contributed by atoms with van der Waals surface area (Å²) < 4.78 is 0. The van der Waals surface area contributed by atoms with Gasteiger partial charge < -0.3 is 0 Å². The number of unbranched alkanes of at least 4 members (excludes halogenated alkanes) is 6. The molecule has 0 aromatic heterocycles. The Morgan fingerprint density at radius 2 is 1.50 bits per heavy atom. The Morgan fingerprint density at radius 1 is 0.909 bits per heavy atom. The van der Waals surface area contributed by atoms with Crippen LogP contribution in [0.2, 0.25) is 0 Å². The highest BCUT2D eigenvalue weighted by Crippen LogP contribution is 2.24. The molecule has 1 heteroatoms. The number of nitrogens with zero attached hydrogens (tertiary/aromatic N) is 1. The lowest BCUT2D eigenvalue weighted by Crippen LogP contribution is -2.04. The van der Waals surface area contributed by atoms with E-state index in [0.29, 0.717) is 0 Å². The molecule has 0 saturated carbocycles. The Hall–Kier alpha value is -1.11. The predicted molar refractivity (Wildman–Crippen MR) is 103 cm³/mol. The Balaban J connectivity index is 4.44. The molecule has 0 spiro atoms. The molecule has 0 amide bonds. The van der Waals surface area contributed by atoms with Gasteiger partial charge in [-0.25, -0.2) is 0 Å². The minimum atomic E-state index is 0.788. The molecule has 1 nitrogen and oxygen atoms in total. The molecule has 0 N–H and O–H groups in total. The van der Waals surface area contributed by atoms with Gasteiger partial charge in [0.05, 0.1) is 0 Å². The summed E-state index contributed by atoms with van der Waals surface area (Å²) in [4.78, 5) is 4.19. The van der Waals surface area contributed by atoms with Gasteiger partial charge in [-0.05, 0) is 17.9 Å². The summed E-state index contributed by atoms with van der Waals surface area (Å²) in [6.45, 7) is 12.0. The fraction of sp³-hybridized carbons (Fsp3) is 0.667. The number of aliphatic imine (C=N–C) groups is 1. The van der Waals surface area contributed by atoms with Crippen molar-refractivity contribution in [3.05, 3.63) is 37.1 Å². The highest BCUT2D eigenvalue weighted by atomic mass is 14.7. The molecular weight excluding hydrogens is 266 g/mol. The van der Waals surface area contributed by atoms with E-state index in [2.05, 4.69) is 38.1 Å². The Kier molecular flexibility index (Phi) is 15.4. The summed E-state index contributed by atoms with van der Waals surface area (Å²) >= 11 is 0. The molecule has 126 valence electrons. The van der Waals surface area contributed by atoms with Crippen molar-refractivity contribution < 1.29 is 0 Å². The van der Waals surface area contributed by atoms with Gasteiger partial charge in [-0.2, -0.15) is 0 Å². The summed E-state index contributed by atoms with van der Waals surface area (Å²) in [5.74, 6) is 0.788. The Bertz CT molecular complexity index is 313. The number of allylic oxidation sites excluding steroid dienone is 3. The topological polar surface area (TPSA) is 12.4 Å². The van der Waals surface area contributed by atoms with E-state index in [1.807, 2.05) is 12.3 Å². The standard InChI is InChI=1S/C21H37N/c1-5-9-11-13-16-20(17-14-12-10-6-2)18-21(15-7-3)19-22-8-4/h7-8,15,19-20H,3-6,9-14,16-18H2,1-2H3/b21-15-,22-19?. The van der Waals surface area contributed by atoms with Crippen LogP contribution in [-0.2, 0) is 0 Å². The zero-order valence-corrected chi connectivity index (χ0v) is 15.0. The molecule has 0 saturated heterocycles. The molecule has 0 aliphatic heterocycles. The third kappa shape index (κ3) is 12.6. The van der Waals surface area contributed by atoms with E-state index >= 15 is 0 Å². The first kappa shape index (κ1) is 20.9. The van der Waals surface area contributed by atoms with Crippen LogP contribution in [0, 0.1) is 5.92 Å². The second-order valence-corrected chi connectivity index (χ2v) is 6.21. The predicted octanol–water partition coefficient (Wildman–Crippen LogP) is 7.26. The SMILES string of the molecule is C=C/C=C(\C=NC=C)CC(CCCCCC)CCCCCC. The molecule has 0 aromatic carbocycles. The van der Waals surface area contributed by atoms with E-state index in [-0.39, 0.29) is 0 Å². The fourth-order valence-electron chi connectivity index (χ4n) is 2.86. The Morgan fingerprint density at radius 3 is 1.95 bits per heavy atom. The molecule has 0 aliphatic rings. The largest absolute Gasteiger partial charge is 0.265 e. The van der Waals surface area contributed by atoms with Crippen LogP contribution in [-0.4, -0.2) is 6.21 Å². The van der Waals surface area contributed by atoms with Crippen LogP contribution in [0.1, 0.15) is 84.5 Å². The van der Waals surface area contributed by atoms with E-state index in [0.717, 1.165) is 12.3 Å². The molecule has 0 rings (SSSR count). The van der Waals surface area contributed by atoms with Gasteiger partial charge in [0, 0.05) is 12.4 Å². The van der Waals surface area contributed by atoms with E-state index < -0.39 is 0 Å². The average Bonchev–Trinajstić information content (AvgIpc) is 2.53. The van der Waals surface area contributed by atoms with Crippen molar-refractivity contribution in [1.82, 2.24) is 0 Å². The summed E-state index contributed by atoms with van der Waals surface area (Å²) in [5.41, 5.74) is 1.28. The second kappa shape index (κ2) is 16.3. The lowest BCUT2D eigenvalue weighted by molar-refractivity contribution is 0.406. The van der Waals surface area contributed by atoms with Gasteiger partial charge >= 0.3 is 0 Å². The minimum absolute atomic E-state index is 0.788. The van der Waals surface area contributed by atoms with Crippen LogP contribution in [0.15, 0.2) is 42.1 Å². The summed E-state index contributed by atoms with van der Waals surface area (Å²) in [5, 5.41) is 0. The van der Waals surface area contributed by atoms with Gasteiger partial charge in [0.1, 0.15) is 0 Å². The second-order valence-electron chi connectivity index (χ2n) is 6.21. The van der Waals surface area contributed by atoms with Crippen LogP contribution in [0.3, 0.4) is 0 Å². The van der Waals surface area contributed by atoms with Crippen molar-refractivity contribution in [1.29, 1.82) is 0 Å². The van der Waals surface area contributed by atoms with E-state index in [4.69, 9.17) is 0 Å². The molecule has 0 unspecified atom stereocenters. The van der Waals surface area contributed by atoms with Gasteiger partial charge in [0.15, 0.2) is 0 Å². The first-order valence-corrected chi connectivity index (χ1v) is 9.24. The minimum Gasteiger partial charge on any atom is -0.265 e. The summed E-state index contributed by atoms with van der Waals surface area (Å²) in [7, 11) is 0. The molecule has 0 atom stereocenters. The van der Waals surface area contributed by atoms with Crippen molar-refractivity contribution >= 4 is 6.21 Å². The molecule has 22 heavy (non-hydrogen) atoms. The maximum Gasteiger partial charge on any atom is 0.0299 e. The van der Waals surface area contributed by atoms with Crippen LogP contribution < -0.4 is 0 Å². The van der Waals surface area contributed by atoms with Gasteiger partial charge in [-0.3, -0.25) is 4.99 Å². The number of hydrogen-bond donors (Lipinski definition) is 0. The van der Waals surface area contributed by atoms with Crippen molar-refractivity contribution in [3.8, 4) is 0 Å². The number of hydrogen-bond acceptors (Lipinski definition) is 1. The molecule has 0 aliphatic carbocycles. The summed E-state index contributed by atoms with van der Waals surface area (Å²) in [6.07, 6.45) is 22.2. The third-order valence-electron chi connectivity index (χ3n) is 4.13. The highest BCUT2D eigenvalue weighted by Gasteiger charge is 2.10. The van der Waals surface area contributed by atoms with E-state index in [1.165, 1.54) is 69.8 Å². The number of rotatable bonds is 15. The fourth-order valence-corrected chi connectivity index (χ4v) is 2.86. The maximum absolute atomic E-state index is 4.19. The zero-order chi connectivity index (χ0) is 16.5. The monoisotopic (exact) mass is 303 g/mol. The lowest BCUT2D eigenvalue weighted by atomic mass is 9.89. The van der Waals surface area contributed by atoms with Crippen LogP contribution >= 0.6 is 0 Å². The van der Waals surface area contributed by atoms with Gasteiger partial charge in [0.2, 0.25) is 0 Å². The van der Waals surface area contributed by atoms with Crippen molar-refractivity contribution in [2.24, 2.45) is 10.9 Å². The first-order valence-electron chi connectivity index (χ1n) is 9.24. The van der Waals surface area contributed by atoms with Crippen LogP contribution in [0.4, 0.5) is 0 Å². The van der Waals surface area contributed by atoms with Crippen LogP contribution in [0.25, 0.3) is 0 Å². The van der Waals surface area contributed by atoms with Crippen molar-refractivity contribution in [2.75, 3.05) is 0 Å². The van der Waals surface area contributed by atoms with E-state index in [9.17, 15) is 0 Å². The zero-order valence-electron chi connectivity index (χ0n) is 15.0. The maximum atomic E-state index is 4.19. The molecule has 0 bridgehead atoms. The normalized spacial score (nSPS) is 12.2. The van der Waals surface area contributed by atoms with Crippen LogP contribution in [0.5, 0.6) is 0 Å². The van der Waals surface area contributed by atoms with Gasteiger partial charge in [-0.15, -0.1) is 0 Å². The molecule has 0 fully saturated rings. The molecule has 0 radical (unpaired) electrons. The Labute approximate surface area is 139 Å². The molecule has 0 aromatic rings. The molecule has 0 heterocycles. The van der Waals surface area contributed by atoms with Gasteiger partial charge in [0.25, 0.3) is 0 Å². The lowest BCUT2D eigenvalue weighted by Gasteiger charge is -2.17. The van der Waals surface area contributed by atoms with Crippen molar-refractivity contribution in [2.45, 2.75) is 84.5 Å².